The molecule has 0 unspecified atom stereocenters. The van der Waals surface area contributed by atoms with Crippen LogP contribution in [-0.2, 0) is 6.54 Å². The zero-order valence-corrected chi connectivity index (χ0v) is 6.45. The molecule has 1 heterocycles. The van der Waals surface area contributed by atoms with Crippen molar-refractivity contribution in [3.8, 4) is 0 Å². The Bertz CT molecular complexity index is 254. The van der Waals surface area contributed by atoms with Crippen LogP contribution in [0.15, 0.2) is 12.3 Å². The van der Waals surface area contributed by atoms with Crippen molar-refractivity contribution in [2.24, 2.45) is 5.73 Å². The summed E-state index contributed by atoms with van der Waals surface area (Å²) in [5.41, 5.74) is 5.57. The second kappa shape index (κ2) is 3.18. The molecule has 0 bridgehead atoms. The van der Waals surface area contributed by atoms with Crippen LogP contribution >= 0.6 is 0 Å². The maximum atomic E-state index is 10.7. The van der Waals surface area contributed by atoms with Gasteiger partial charge in [0.1, 0.15) is 5.69 Å². The molecule has 1 aromatic heterocycles. The number of primary amides is 1. The van der Waals surface area contributed by atoms with E-state index in [0.717, 1.165) is 13.0 Å². The zero-order valence-electron chi connectivity index (χ0n) is 6.45. The number of carbonyl (C=O) groups is 1. The van der Waals surface area contributed by atoms with Crippen molar-refractivity contribution < 1.29 is 4.79 Å². The second-order valence-electron chi connectivity index (χ2n) is 2.30. The molecular formula is C7H11N3O. The predicted octanol–water partition coefficient (Wildman–Crippen LogP) is 0.392. The third-order valence-electron chi connectivity index (χ3n) is 1.40. The molecule has 4 nitrogen and oxygen atoms in total. The molecule has 0 atom stereocenters. The SMILES string of the molecule is CCCn1nccc1C(N)=O. The Hall–Kier alpha value is -1.32. The quantitative estimate of drug-likeness (QED) is 0.682. The lowest BCUT2D eigenvalue weighted by Crippen LogP contribution is -2.17. The molecule has 0 aromatic carbocycles. The second-order valence-corrected chi connectivity index (χ2v) is 2.30. The topological polar surface area (TPSA) is 60.9 Å². The number of nitrogens with two attached hydrogens (primary N) is 1. The van der Waals surface area contributed by atoms with Gasteiger partial charge in [0.25, 0.3) is 5.91 Å². The Morgan fingerprint density at radius 1 is 1.82 bits per heavy atom. The highest BCUT2D eigenvalue weighted by atomic mass is 16.1. The number of hydrogen-bond acceptors (Lipinski definition) is 2. The minimum Gasteiger partial charge on any atom is -0.364 e. The van der Waals surface area contributed by atoms with E-state index in [1.54, 1.807) is 16.9 Å². The Morgan fingerprint density at radius 3 is 3.09 bits per heavy atom. The van der Waals surface area contributed by atoms with Gasteiger partial charge >= 0.3 is 0 Å². The number of rotatable bonds is 3. The van der Waals surface area contributed by atoms with Crippen molar-refractivity contribution in [1.82, 2.24) is 9.78 Å². The van der Waals surface area contributed by atoms with Crippen LogP contribution in [0.25, 0.3) is 0 Å². The molecule has 1 rings (SSSR count). The molecular weight excluding hydrogens is 142 g/mol. The third kappa shape index (κ3) is 1.58. The predicted molar refractivity (Wildman–Crippen MR) is 41.0 cm³/mol. The van der Waals surface area contributed by atoms with E-state index in [-0.39, 0.29) is 0 Å². The van der Waals surface area contributed by atoms with E-state index in [1.807, 2.05) is 6.92 Å². The third-order valence-corrected chi connectivity index (χ3v) is 1.40. The van der Waals surface area contributed by atoms with Crippen molar-refractivity contribution in [2.45, 2.75) is 19.9 Å². The summed E-state index contributed by atoms with van der Waals surface area (Å²) in [7, 11) is 0. The first-order chi connectivity index (χ1) is 5.25. The summed E-state index contributed by atoms with van der Waals surface area (Å²) in [6.45, 7) is 2.76. The van der Waals surface area contributed by atoms with Gasteiger partial charge in [0.15, 0.2) is 0 Å². The van der Waals surface area contributed by atoms with E-state index in [2.05, 4.69) is 5.10 Å². The minimum absolute atomic E-state index is 0.420. The largest absolute Gasteiger partial charge is 0.364 e. The molecule has 0 spiro atoms. The van der Waals surface area contributed by atoms with Gasteiger partial charge in [-0.1, -0.05) is 6.92 Å². The normalized spacial score (nSPS) is 9.91. The lowest BCUT2D eigenvalue weighted by Gasteiger charge is -2.00. The minimum atomic E-state index is -0.420. The maximum absolute atomic E-state index is 10.7. The molecule has 2 N–H and O–H groups in total. The molecule has 0 aliphatic carbocycles. The molecule has 11 heavy (non-hydrogen) atoms. The fourth-order valence-corrected chi connectivity index (χ4v) is 0.932. The van der Waals surface area contributed by atoms with E-state index in [1.165, 1.54) is 0 Å². The van der Waals surface area contributed by atoms with Crippen LogP contribution in [-0.4, -0.2) is 15.7 Å². The van der Waals surface area contributed by atoms with Crippen LogP contribution in [0, 0.1) is 0 Å². The Morgan fingerprint density at radius 2 is 2.55 bits per heavy atom. The molecule has 0 saturated carbocycles. The first-order valence-electron chi connectivity index (χ1n) is 3.57. The van der Waals surface area contributed by atoms with Gasteiger partial charge in [0, 0.05) is 12.7 Å². The summed E-state index contributed by atoms with van der Waals surface area (Å²) < 4.78 is 1.61. The lowest BCUT2D eigenvalue weighted by atomic mass is 10.4. The maximum Gasteiger partial charge on any atom is 0.266 e. The molecule has 0 saturated heterocycles. The fourth-order valence-electron chi connectivity index (χ4n) is 0.932. The van der Waals surface area contributed by atoms with Crippen LogP contribution < -0.4 is 5.73 Å². The van der Waals surface area contributed by atoms with Gasteiger partial charge in [-0.15, -0.1) is 0 Å². The standard InChI is InChI=1S/C7H11N3O/c1-2-5-10-6(7(8)11)3-4-9-10/h3-4H,2,5H2,1H3,(H2,8,11). The molecule has 1 amide bonds. The summed E-state index contributed by atoms with van der Waals surface area (Å²) in [4.78, 5) is 10.7. The van der Waals surface area contributed by atoms with E-state index in [4.69, 9.17) is 5.73 Å². The number of nitrogens with zero attached hydrogens (tertiary/aromatic N) is 2. The molecule has 0 aliphatic rings. The summed E-state index contributed by atoms with van der Waals surface area (Å²) >= 11 is 0. The van der Waals surface area contributed by atoms with Gasteiger partial charge in [-0.05, 0) is 12.5 Å². The van der Waals surface area contributed by atoms with E-state index in [0.29, 0.717) is 5.69 Å². The van der Waals surface area contributed by atoms with Gasteiger partial charge in [0.2, 0.25) is 0 Å². The average molecular weight is 153 g/mol. The van der Waals surface area contributed by atoms with E-state index >= 15 is 0 Å². The summed E-state index contributed by atoms with van der Waals surface area (Å²) in [5.74, 6) is -0.420. The lowest BCUT2D eigenvalue weighted by molar-refractivity contribution is 0.0990. The molecule has 0 aliphatic heterocycles. The Labute approximate surface area is 65.0 Å². The first kappa shape index (κ1) is 7.78. The highest BCUT2D eigenvalue weighted by Crippen LogP contribution is 1.97. The van der Waals surface area contributed by atoms with Crippen LogP contribution in [0.3, 0.4) is 0 Å². The van der Waals surface area contributed by atoms with Crippen LogP contribution in [0.1, 0.15) is 23.8 Å². The van der Waals surface area contributed by atoms with Crippen LogP contribution in [0.5, 0.6) is 0 Å². The van der Waals surface area contributed by atoms with Crippen molar-refractivity contribution in [3.05, 3.63) is 18.0 Å². The molecule has 4 heteroatoms. The molecule has 0 fully saturated rings. The number of aromatic nitrogens is 2. The molecule has 0 radical (unpaired) electrons. The van der Waals surface area contributed by atoms with Crippen molar-refractivity contribution in [1.29, 1.82) is 0 Å². The van der Waals surface area contributed by atoms with E-state index in [9.17, 15) is 4.79 Å². The van der Waals surface area contributed by atoms with Crippen molar-refractivity contribution in [3.63, 3.8) is 0 Å². The fraction of sp³-hybridized carbons (Fsp3) is 0.429. The number of carbonyl (C=O) groups excluding carboxylic acids is 1. The summed E-state index contributed by atoms with van der Waals surface area (Å²) in [6, 6.07) is 1.62. The van der Waals surface area contributed by atoms with Gasteiger partial charge in [-0.2, -0.15) is 5.10 Å². The van der Waals surface area contributed by atoms with Crippen molar-refractivity contribution in [2.75, 3.05) is 0 Å². The molecule has 60 valence electrons. The van der Waals surface area contributed by atoms with Gasteiger partial charge in [0.05, 0.1) is 0 Å². The van der Waals surface area contributed by atoms with Crippen molar-refractivity contribution >= 4 is 5.91 Å². The van der Waals surface area contributed by atoms with Gasteiger partial charge in [-0.3, -0.25) is 9.48 Å². The summed E-state index contributed by atoms with van der Waals surface area (Å²) in [6.07, 6.45) is 2.53. The van der Waals surface area contributed by atoms with Gasteiger partial charge < -0.3 is 5.73 Å². The van der Waals surface area contributed by atoms with Gasteiger partial charge in [-0.25, -0.2) is 0 Å². The zero-order chi connectivity index (χ0) is 8.27. The monoisotopic (exact) mass is 153 g/mol. The van der Waals surface area contributed by atoms with Crippen LogP contribution in [0.4, 0.5) is 0 Å². The smallest absolute Gasteiger partial charge is 0.266 e. The highest BCUT2D eigenvalue weighted by Gasteiger charge is 2.05. The molecule has 1 aromatic rings. The number of aryl methyl sites for hydroxylation is 1. The number of hydrogen-bond donors (Lipinski definition) is 1. The van der Waals surface area contributed by atoms with Crippen LogP contribution in [0.2, 0.25) is 0 Å². The first-order valence-corrected chi connectivity index (χ1v) is 3.57. The summed E-state index contributed by atoms with van der Waals surface area (Å²) in [5, 5.41) is 3.94. The average Bonchev–Trinajstić information content (AvgIpc) is 2.36. The number of amides is 1. The Balaban J connectivity index is 2.87. The Kier molecular flexibility index (Phi) is 2.25. The highest BCUT2D eigenvalue weighted by molar-refractivity contribution is 5.90. The van der Waals surface area contributed by atoms with E-state index < -0.39 is 5.91 Å².